The minimum atomic E-state index is -0.659. The van der Waals surface area contributed by atoms with E-state index < -0.39 is 11.9 Å². The van der Waals surface area contributed by atoms with Gasteiger partial charge in [-0.3, -0.25) is 0 Å². The van der Waals surface area contributed by atoms with Gasteiger partial charge in [-0.25, -0.2) is 14.6 Å². The van der Waals surface area contributed by atoms with Crippen LogP contribution in [-0.4, -0.2) is 30.1 Å². The standard InChI is InChI=1S/C13H13NO5/c1-3-17-12(15)8-7-10-9(5-6-19-10)14-11(8)13(16)18-4-2/h5-7H,3-4H2,1-2H3. The van der Waals surface area contributed by atoms with Gasteiger partial charge in [0.25, 0.3) is 0 Å². The molecule has 0 radical (unpaired) electrons. The zero-order valence-corrected chi connectivity index (χ0v) is 10.6. The summed E-state index contributed by atoms with van der Waals surface area (Å²) in [6, 6.07) is 3.04. The van der Waals surface area contributed by atoms with E-state index in [9.17, 15) is 9.59 Å². The molecule has 0 aliphatic carbocycles. The van der Waals surface area contributed by atoms with E-state index in [4.69, 9.17) is 13.9 Å². The molecular weight excluding hydrogens is 250 g/mol. The van der Waals surface area contributed by atoms with Gasteiger partial charge in [0.1, 0.15) is 5.52 Å². The Morgan fingerprint density at radius 2 is 1.89 bits per heavy atom. The molecule has 0 aliphatic rings. The summed E-state index contributed by atoms with van der Waals surface area (Å²) in [7, 11) is 0. The van der Waals surface area contributed by atoms with Gasteiger partial charge in [-0.05, 0) is 19.9 Å². The third-order valence-corrected chi connectivity index (χ3v) is 2.40. The van der Waals surface area contributed by atoms with Gasteiger partial charge in [-0.1, -0.05) is 0 Å². The van der Waals surface area contributed by atoms with Crippen molar-refractivity contribution in [3.63, 3.8) is 0 Å². The zero-order valence-electron chi connectivity index (χ0n) is 10.6. The molecule has 0 atom stereocenters. The third-order valence-electron chi connectivity index (χ3n) is 2.40. The molecule has 2 aromatic rings. The maximum absolute atomic E-state index is 11.8. The molecule has 0 bridgehead atoms. The smallest absolute Gasteiger partial charge is 0.357 e. The lowest BCUT2D eigenvalue weighted by Crippen LogP contribution is -2.16. The fourth-order valence-corrected chi connectivity index (χ4v) is 1.61. The van der Waals surface area contributed by atoms with Crippen LogP contribution in [0.1, 0.15) is 34.7 Å². The Morgan fingerprint density at radius 3 is 2.58 bits per heavy atom. The lowest BCUT2D eigenvalue weighted by molar-refractivity contribution is 0.0474. The van der Waals surface area contributed by atoms with Crippen molar-refractivity contribution in [2.45, 2.75) is 13.8 Å². The summed E-state index contributed by atoms with van der Waals surface area (Å²) in [5.74, 6) is -1.29. The Bertz CT molecular complexity index is 565. The number of fused-ring (bicyclic) bond motifs is 1. The third kappa shape index (κ3) is 2.57. The van der Waals surface area contributed by atoms with Crippen molar-refractivity contribution in [2.75, 3.05) is 13.2 Å². The molecule has 0 unspecified atom stereocenters. The first-order chi connectivity index (χ1) is 9.17. The first kappa shape index (κ1) is 13.1. The summed E-state index contributed by atoms with van der Waals surface area (Å²) in [5.41, 5.74) is 0.879. The number of carbonyl (C=O) groups excluding carboxylic acids is 2. The molecule has 100 valence electrons. The Hall–Kier alpha value is -2.37. The monoisotopic (exact) mass is 263 g/mol. The van der Waals surface area contributed by atoms with Crippen LogP contribution in [0.15, 0.2) is 22.8 Å². The summed E-state index contributed by atoms with van der Waals surface area (Å²) in [6.45, 7) is 3.77. The van der Waals surface area contributed by atoms with Crippen molar-refractivity contribution >= 4 is 23.0 Å². The quantitative estimate of drug-likeness (QED) is 0.787. The van der Waals surface area contributed by atoms with Gasteiger partial charge >= 0.3 is 11.9 Å². The number of hydrogen-bond acceptors (Lipinski definition) is 6. The number of hydrogen-bond donors (Lipinski definition) is 0. The van der Waals surface area contributed by atoms with Crippen LogP contribution in [-0.2, 0) is 9.47 Å². The molecule has 0 aliphatic heterocycles. The number of ether oxygens (including phenoxy) is 2. The summed E-state index contributed by atoms with van der Waals surface area (Å²) >= 11 is 0. The van der Waals surface area contributed by atoms with Crippen molar-refractivity contribution in [2.24, 2.45) is 0 Å². The molecule has 0 aromatic carbocycles. The van der Waals surface area contributed by atoms with E-state index >= 15 is 0 Å². The molecule has 6 nitrogen and oxygen atoms in total. The molecule has 0 spiro atoms. The van der Waals surface area contributed by atoms with Gasteiger partial charge in [0, 0.05) is 6.07 Å². The highest BCUT2D eigenvalue weighted by atomic mass is 16.5. The van der Waals surface area contributed by atoms with Gasteiger partial charge in [0.05, 0.1) is 25.0 Å². The van der Waals surface area contributed by atoms with E-state index in [1.165, 1.54) is 12.3 Å². The molecule has 2 aromatic heterocycles. The van der Waals surface area contributed by atoms with Crippen LogP contribution in [0.2, 0.25) is 0 Å². The molecule has 0 saturated carbocycles. The maximum Gasteiger partial charge on any atom is 0.357 e. The highest BCUT2D eigenvalue weighted by Crippen LogP contribution is 2.19. The molecule has 0 amide bonds. The minimum absolute atomic E-state index is 0.0442. The minimum Gasteiger partial charge on any atom is -0.463 e. The van der Waals surface area contributed by atoms with E-state index in [1.54, 1.807) is 19.9 Å². The topological polar surface area (TPSA) is 78.6 Å². The Balaban J connectivity index is 2.53. The van der Waals surface area contributed by atoms with Crippen molar-refractivity contribution < 1.29 is 23.5 Å². The Labute approximate surface area is 109 Å². The van der Waals surface area contributed by atoms with Gasteiger partial charge in [-0.15, -0.1) is 0 Å². The van der Waals surface area contributed by atoms with Gasteiger partial charge in [0.15, 0.2) is 11.3 Å². The van der Waals surface area contributed by atoms with Gasteiger partial charge in [0.2, 0.25) is 0 Å². The molecule has 6 heteroatoms. The molecule has 19 heavy (non-hydrogen) atoms. The van der Waals surface area contributed by atoms with Gasteiger partial charge < -0.3 is 13.9 Å². The number of nitrogens with zero attached hydrogens (tertiary/aromatic N) is 1. The van der Waals surface area contributed by atoms with Crippen molar-refractivity contribution in [1.82, 2.24) is 4.98 Å². The van der Waals surface area contributed by atoms with Crippen LogP contribution in [0, 0.1) is 0 Å². The normalized spacial score (nSPS) is 10.4. The Morgan fingerprint density at radius 1 is 1.21 bits per heavy atom. The lowest BCUT2D eigenvalue weighted by Gasteiger charge is -2.07. The van der Waals surface area contributed by atoms with E-state index in [2.05, 4.69) is 4.98 Å². The summed E-state index contributed by atoms with van der Waals surface area (Å²) in [5, 5.41) is 0. The Kier molecular flexibility index (Phi) is 3.79. The van der Waals surface area contributed by atoms with Crippen LogP contribution in [0.25, 0.3) is 11.1 Å². The second-order valence-corrected chi connectivity index (χ2v) is 3.63. The first-order valence-electron chi connectivity index (χ1n) is 5.89. The number of aromatic nitrogens is 1. The van der Waals surface area contributed by atoms with Crippen molar-refractivity contribution in [3.8, 4) is 0 Å². The van der Waals surface area contributed by atoms with Crippen LogP contribution >= 0.6 is 0 Å². The highest BCUT2D eigenvalue weighted by Gasteiger charge is 2.22. The highest BCUT2D eigenvalue weighted by molar-refractivity contribution is 6.04. The summed E-state index contributed by atoms with van der Waals surface area (Å²) < 4.78 is 14.9. The largest absolute Gasteiger partial charge is 0.463 e. The van der Waals surface area contributed by atoms with Crippen LogP contribution in [0.3, 0.4) is 0 Å². The summed E-state index contributed by atoms with van der Waals surface area (Å²) in [4.78, 5) is 27.7. The molecule has 0 fully saturated rings. The average molecular weight is 263 g/mol. The van der Waals surface area contributed by atoms with Crippen molar-refractivity contribution in [1.29, 1.82) is 0 Å². The van der Waals surface area contributed by atoms with E-state index in [1.807, 2.05) is 0 Å². The molecule has 2 heterocycles. The van der Waals surface area contributed by atoms with E-state index in [0.717, 1.165) is 0 Å². The van der Waals surface area contributed by atoms with Crippen LogP contribution in [0.4, 0.5) is 0 Å². The molecule has 0 N–H and O–H groups in total. The second kappa shape index (κ2) is 5.51. The van der Waals surface area contributed by atoms with E-state index in [-0.39, 0.29) is 24.5 Å². The number of pyridine rings is 1. The average Bonchev–Trinajstić information content (AvgIpc) is 2.85. The predicted molar refractivity (Wildman–Crippen MR) is 65.9 cm³/mol. The zero-order chi connectivity index (χ0) is 13.8. The van der Waals surface area contributed by atoms with Crippen LogP contribution in [0.5, 0.6) is 0 Å². The molecule has 2 rings (SSSR count). The SMILES string of the molecule is CCOC(=O)c1cc2occc2nc1C(=O)OCC. The fraction of sp³-hybridized carbons (Fsp3) is 0.308. The second-order valence-electron chi connectivity index (χ2n) is 3.63. The molecule has 0 saturated heterocycles. The fourth-order valence-electron chi connectivity index (χ4n) is 1.61. The van der Waals surface area contributed by atoms with Gasteiger partial charge in [-0.2, -0.15) is 0 Å². The maximum atomic E-state index is 11.8. The number of carbonyl (C=O) groups is 2. The van der Waals surface area contributed by atoms with E-state index in [0.29, 0.717) is 11.1 Å². The first-order valence-corrected chi connectivity index (χ1v) is 5.89. The predicted octanol–water partition coefficient (Wildman–Crippen LogP) is 2.18. The lowest BCUT2D eigenvalue weighted by atomic mass is 10.1. The molecular formula is C13H13NO5. The van der Waals surface area contributed by atoms with Crippen molar-refractivity contribution in [3.05, 3.63) is 29.7 Å². The number of rotatable bonds is 4. The number of esters is 2. The number of furan rings is 1. The van der Waals surface area contributed by atoms with Crippen LogP contribution < -0.4 is 0 Å². The summed E-state index contributed by atoms with van der Waals surface area (Å²) in [6.07, 6.45) is 1.43.